The monoisotopic (exact) mass is 307 g/mol. The molecule has 1 aromatic heterocycles. The van der Waals surface area contributed by atoms with Gasteiger partial charge in [0.25, 0.3) is 0 Å². The molecule has 22 heavy (non-hydrogen) atoms. The predicted octanol–water partition coefficient (Wildman–Crippen LogP) is 4.30. The maximum atomic E-state index is 13.9. The molecule has 1 heterocycles. The molecule has 0 saturated carbocycles. The summed E-state index contributed by atoms with van der Waals surface area (Å²) in [6.07, 6.45) is 3.86. The van der Waals surface area contributed by atoms with E-state index in [0.717, 1.165) is 30.2 Å². The lowest BCUT2D eigenvalue weighted by Crippen LogP contribution is -2.30. The van der Waals surface area contributed by atoms with E-state index in [1.54, 1.807) is 6.20 Å². The Morgan fingerprint density at radius 3 is 2.50 bits per heavy atom. The molecule has 1 N–H and O–H groups in total. The first-order valence-corrected chi connectivity index (χ1v) is 7.73. The molecule has 0 spiro atoms. The van der Waals surface area contributed by atoms with Crippen molar-refractivity contribution in [2.24, 2.45) is 0 Å². The Labute approximate surface area is 130 Å². The molecule has 0 radical (unpaired) electrons. The molecule has 3 nitrogen and oxygen atoms in total. The minimum Gasteiger partial charge on any atom is -0.307 e. The zero-order valence-corrected chi connectivity index (χ0v) is 13.5. The van der Waals surface area contributed by atoms with Crippen LogP contribution in [0.4, 0.5) is 8.78 Å². The van der Waals surface area contributed by atoms with E-state index in [0.29, 0.717) is 6.04 Å². The first-order chi connectivity index (χ1) is 10.5. The molecule has 1 aromatic carbocycles. The van der Waals surface area contributed by atoms with Gasteiger partial charge in [-0.3, -0.25) is 0 Å². The van der Waals surface area contributed by atoms with Gasteiger partial charge in [-0.05, 0) is 38.8 Å². The largest absolute Gasteiger partial charge is 0.307 e. The fourth-order valence-electron chi connectivity index (χ4n) is 2.71. The van der Waals surface area contributed by atoms with E-state index < -0.39 is 11.6 Å². The molecule has 2 aromatic rings. The van der Waals surface area contributed by atoms with Crippen molar-refractivity contribution in [1.82, 2.24) is 15.1 Å². The normalized spacial score (nSPS) is 12.9. The van der Waals surface area contributed by atoms with Crippen molar-refractivity contribution in [3.05, 3.63) is 47.3 Å². The van der Waals surface area contributed by atoms with Gasteiger partial charge in [-0.1, -0.05) is 13.8 Å². The maximum Gasteiger partial charge on any atom is 0.151 e. The minimum absolute atomic E-state index is 0.127. The fourth-order valence-corrected chi connectivity index (χ4v) is 2.71. The summed E-state index contributed by atoms with van der Waals surface area (Å²) in [4.78, 5) is 0. The highest BCUT2D eigenvalue weighted by Crippen LogP contribution is 2.23. The Morgan fingerprint density at radius 2 is 1.91 bits per heavy atom. The first-order valence-electron chi connectivity index (χ1n) is 7.73. The molecule has 0 fully saturated rings. The van der Waals surface area contributed by atoms with Crippen LogP contribution in [0.5, 0.6) is 0 Å². The Hall–Kier alpha value is -1.75. The van der Waals surface area contributed by atoms with E-state index >= 15 is 0 Å². The topological polar surface area (TPSA) is 29.9 Å². The third-order valence-electron chi connectivity index (χ3n) is 4.12. The molecule has 0 aliphatic carbocycles. The summed E-state index contributed by atoms with van der Waals surface area (Å²) in [5.74, 6) is -1.20. The number of hydrogen-bond donors (Lipinski definition) is 1. The van der Waals surface area contributed by atoms with Gasteiger partial charge in [-0.25, -0.2) is 13.5 Å². The second kappa shape index (κ2) is 7.01. The minimum atomic E-state index is -0.613. The van der Waals surface area contributed by atoms with E-state index in [4.69, 9.17) is 0 Å². The van der Waals surface area contributed by atoms with Crippen molar-refractivity contribution in [2.75, 3.05) is 0 Å². The Bertz CT molecular complexity index is 633. The van der Waals surface area contributed by atoms with Crippen molar-refractivity contribution in [1.29, 1.82) is 0 Å². The average Bonchev–Trinajstić information content (AvgIpc) is 2.86. The van der Waals surface area contributed by atoms with E-state index in [-0.39, 0.29) is 11.7 Å². The quantitative estimate of drug-likeness (QED) is 0.862. The van der Waals surface area contributed by atoms with E-state index in [1.165, 1.54) is 16.8 Å². The molecular formula is C17H23F2N3. The van der Waals surface area contributed by atoms with Gasteiger partial charge < -0.3 is 5.32 Å². The summed E-state index contributed by atoms with van der Waals surface area (Å²) in [5, 5.41) is 7.83. The highest BCUT2D eigenvalue weighted by Gasteiger charge is 2.18. The van der Waals surface area contributed by atoms with Gasteiger partial charge in [0.2, 0.25) is 0 Å². The Balaban J connectivity index is 2.29. The Kier molecular flexibility index (Phi) is 5.29. The molecule has 0 unspecified atom stereocenters. The van der Waals surface area contributed by atoms with Crippen LogP contribution < -0.4 is 5.32 Å². The Morgan fingerprint density at radius 1 is 1.23 bits per heavy atom. The number of halogens is 2. The average molecular weight is 307 g/mol. The number of hydrogen-bond acceptors (Lipinski definition) is 2. The molecule has 0 amide bonds. The summed E-state index contributed by atoms with van der Waals surface area (Å²) in [6.45, 7) is 8.28. The standard InChI is InChI=1S/C17H23F2N3/c1-5-14(6-2)21-11(3)15-10-20-22(12(15)4)17-8-7-13(18)9-16(17)19/h7-11,14,21H,5-6H2,1-4H3/t11-/m1/s1. The van der Waals surface area contributed by atoms with Gasteiger partial charge in [-0.15, -0.1) is 0 Å². The van der Waals surface area contributed by atoms with Crippen molar-refractivity contribution in [3.8, 4) is 5.69 Å². The SMILES string of the molecule is CCC(CC)N[C@H](C)c1cnn(-c2ccc(F)cc2F)c1C. The summed E-state index contributed by atoms with van der Waals surface area (Å²) >= 11 is 0. The number of nitrogens with one attached hydrogen (secondary N) is 1. The molecule has 0 aliphatic heterocycles. The molecule has 0 bridgehead atoms. The van der Waals surface area contributed by atoms with Gasteiger partial charge in [0, 0.05) is 29.4 Å². The summed E-state index contributed by atoms with van der Waals surface area (Å²) in [6, 6.07) is 4.10. The number of benzene rings is 1. The van der Waals surface area contributed by atoms with Crippen LogP contribution in [0.2, 0.25) is 0 Å². The zero-order chi connectivity index (χ0) is 16.3. The van der Waals surface area contributed by atoms with Gasteiger partial charge in [0.15, 0.2) is 5.82 Å². The second-order valence-corrected chi connectivity index (χ2v) is 5.59. The molecule has 120 valence electrons. The van der Waals surface area contributed by atoms with Gasteiger partial charge in [0.05, 0.1) is 6.20 Å². The van der Waals surface area contributed by atoms with Crippen molar-refractivity contribution < 1.29 is 8.78 Å². The lowest BCUT2D eigenvalue weighted by Gasteiger charge is -2.21. The van der Waals surface area contributed by atoms with E-state index in [1.807, 2.05) is 6.92 Å². The second-order valence-electron chi connectivity index (χ2n) is 5.59. The van der Waals surface area contributed by atoms with Gasteiger partial charge >= 0.3 is 0 Å². The van der Waals surface area contributed by atoms with Crippen LogP contribution in [-0.2, 0) is 0 Å². The van der Waals surface area contributed by atoms with Crippen molar-refractivity contribution in [2.45, 2.75) is 52.6 Å². The summed E-state index contributed by atoms with van der Waals surface area (Å²) in [7, 11) is 0. The molecule has 1 atom stereocenters. The van der Waals surface area contributed by atoms with Crippen LogP contribution in [0.3, 0.4) is 0 Å². The zero-order valence-electron chi connectivity index (χ0n) is 13.5. The predicted molar refractivity (Wildman–Crippen MR) is 84.1 cm³/mol. The van der Waals surface area contributed by atoms with Crippen LogP contribution in [0.25, 0.3) is 5.69 Å². The smallest absolute Gasteiger partial charge is 0.151 e. The summed E-state index contributed by atoms with van der Waals surface area (Å²) < 4.78 is 28.5. The molecule has 5 heteroatoms. The van der Waals surface area contributed by atoms with Gasteiger partial charge in [-0.2, -0.15) is 5.10 Å². The highest BCUT2D eigenvalue weighted by molar-refractivity contribution is 5.37. The summed E-state index contributed by atoms with van der Waals surface area (Å²) in [5.41, 5.74) is 2.15. The van der Waals surface area contributed by atoms with Crippen LogP contribution in [0.1, 0.15) is 50.9 Å². The lowest BCUT2D eigenvalue weighted by molar-refractivity contribution is 0.431. The highest BCUT2D eigenvalue weighted by atomic mass is 19.1. The maximum absolute atomic E-state index is 13.9. The van der Waals surface area contributed by atoms with E-state index in [9.17, 15) is 8.78 Å². The number of aromatic nitrogens is 2. The number of rotatable bonds is 6. The van der Waals surface area contributed by atoms with Crippen LogP contribution in [-0.4, -0.2) is 15.8 Å². The van der Waals surface area contributed by atoms with Crippen molar-refractivity contribution >= 4 is 0 Å². The molecule has 0 saturated heterocycles. The molecular weight excluding hydrogens is 284 g/mol. The number of nitrogens with zero attached hydrogens (tertiary/aromatic N) is 2. The fraction of sp³-hybridized carbons (Fsp3) is 0.471. The van der Waals surface area contributed by atoms with Crippen LogP contribution in [0.15, 0.2) is 24.4 Å². The molecule has 2 rings (SSSR count). The third kappa shape index (κ3) is 3.35. The molecule has 0 aliphatic rings. The van der Waals surface area contributed by atoms with Crippen LogP contribution >= 0.6 is 0 Å². The van der Waals surface area contributed by atoms with Crippen molar-refractivity contribution in [3.63, 3.8) is 0 Å². The van der Waals surface area contributed by atoms with Crippen LogP contribution in [0, 0.1) is 18.6 Å². The van der Waals surface area contributed by atoms with Gasteiger partial charge in [0.1, 0.15) is 11.5 Å². The first kappa shape index (κ1) is 16.6. The lowest BCUT2D eigenvalue weighted by atomic mass is 10.1. The third-order valence-corrected chi connectivity index (χ3v) is 4.12. The van der Waals surface area contributed by atoms with E-state index in [2.05, 4.69) is 31.2 Å².